The van der Waals surface area contributed by atoms with Gasteiger partial charge in [0.25, 0.3) is 0 Å². The van der Waals surface area contributed by atoms with Crippen LogP contribution in [-0.2, 0) is 16.2 Å². The molecule has 2 aromatic carbocycles. The van der Waals surface area contributed by atoms with E-state index in [1.54, 1.807) is 54.2 Å². The number of thiazole rings is 1. The number of rotatable bonds is 8. The van der Waals surface area contributed by atoms with Crippen LogP contribution in [0.5, 0.6) is 5.75 Å². The van der Waals surface area contributed by atoms with Crippen LogP contribution < -0.4 is 15.0 Å². The Kier molecular flexibility index (Phi) is 7.59. The number of amides is 2. The van der Waals surface area contributed by atoms with Crippen LogP contribution in [0.4, 0.5) is 20.9 Å². The first-order valence-corrected chi connectivity index (χ1v) is 11.5. The molecule has 0 aliphatic heterocycles. The third kappa shape index (κ3) is 6.36. The molecule has 0 saturated heterocycles. The number of para-hydroxylation sites is 1. The van der Waals surface area contributed by atoms with E-state index >= 15 is 0 Å². The van der Waals surface area contributed by atoms with Gasteiger partial charge < -0.3 is 10.1 Å². The van der Waals surface area contributed by atoms with Crippen molar-refractivity contribution in [2.75, 3.05) is 10.2 Å². The van der Waals surface area contributed by atoms with Gasteiger partial charge in [0.2, 0.25) is 11.8 Å². The fourth-order valence-corrected chi connectivity index (χ4v) is 4.00. The molecule has 2 amide bonds. The van der Waals surface area contributed by atoms with Crippen molar-refractivity contribution in [1.82, 2.24) is 9.97 Å². The lowest BCUT2D eigenvalue weighted by atomic mass is 10.3. The molecule has 2 aromatic heterocycles. The Morgan fingerprint density at radius 2 is 2.00 bits per heavy atom. The predicted molar refractivity (Wildman–Crippen MR) is 134 cm³/mol. The number of hydrogen-bond acceptors (Lipinski definition) is 6. The Balaban J connectivity index is 1.39. The minimum absolute atomic E-state index is 0.119. The lowest BCUT2D eigenvalue weighted by Gasteiger charge is -2.18. The third-order valence-corrected chi connectivity index (χ3v) is 5.59. The van der Waals surface area contributed by atoms with Crippen molar-refractivity contribution in [3.63, 3.8) is 0 Å². The summed E-state index contributed by atoms with van der Waals surface area (Å²) in [5.41, 5.74) is 2.10. The number of aromatic nitrogens is 2. The first-order valence-electron chi connectivity index (χ1n) is 10.6. The first kappa shape index (κ1) is 23.8. The van der Waals surface area contributed by atoms with Crippen molar-refractivity contribution in [1.29, 1.82) is 0 Å². The van der Waals surface area contributed by atoms with Gasteiger partial charge in [-0.1, -0.05) is 24.3 Å². The molecule has 0 saturated carbocycles. The highest BCUT2D eigenvalue weighted by Gasteiger charge is 2.20. The number of anilines is 3. The quantitative estimate of drug-likeness (QED) is 0.327. The van der Waals surface area contributed by atoms with Gasteiger partial charge in [0.05, 0.1) is 11.4 Å². The highest BCUT2D eigenvalue weighted by atomic mass is 32.1. The second-order valence-electron chi connectivity index (χ2n) is 7.36. The SMILES string of the molecule is CC(=O)N(c1nc(/C=C/C(=O)Nc2cccc(OCc3cccnc3)c2)cs1)c1ccccc1F. The van der Waals surface area contributed by atoms with Crippen LogP contribution in [0.1, 0.15) is 18.2 Å². The van der Waals surface area contributed by atoms with Crippen LogP contribution in [0.25, 0.3) is 6.08 Å². The van der Waals surface area contributed by atoms with E-state index in [1.165, 1.54) is 47.4 Å². The molecule has 0 atom stereocenters. The van der Waals surface area contributed by atoms with E-state index in [2.05, 4.69) is 15.3 Å². The van der Waals surface area contributed by atoms with Crippen LogP contribution in [0.15, 0.2) is 84.5 Å². The topological polar surface area (TPSA) is 84.4 Å². The smallest absolute Gasteiger partial charge is 0.248 e. The van der Waals surface area contributed by atoms with Gasteiger partial charge in [-0.15, -0.1) is 11.3 Å². The summed E-state index contributed by atoms with van der Waals surface area (Å²) in [5.74, 6) is -0.650. The second kappa shape index (κ2) is 11.2. The summed E-state index contributed by atoms with van der Waals surface area (Å²) in [5, 5.41) is 4.77. The molecule has 0 bridgehead atoms. The van der Waals surface area contributed by atoms with Crippen molar-refractivity contribution in [2.45, 2.75) is 13.5 Å². The summed E-state index contributed by atoms with van der Waals surface area (Å²) >= 11 is 1.17. The summed E-state index contributed by atoms with van der Waals surface area (Å²) in [6.45, 7) is 1.70. The largest absolute Gasteiger partial charge is 0.489 e. The maximum absolute atomic E-state index is 14.2. The van der Waals surface area contributed by atoms with Gasteiger partial charge in [-0.05, 0) is 36.4 Å². The van der Waals surface area contributed by atoms with Gasteiger partial charge in [0.1, 0.15) is 18.2 Å². The molecule has 1 N–H and O–H groups in total. The highest BCUT2D eigenvalue weighted by molar-refractivity contribution is 7.14. The number of halogens is 1. The Morgan fingerprint density at radius 1 is 1.14 bits per heavy atom. The number of pyridine rings is 1. The fraction of sp³-hybridized carbons (Fsp3) is 0.0769. The van der Waals surface area contributed by atoms with Crippen LogP contribution in [0, 0.1) is 5.82 Å². The Labute approximate surface area is 205 Å². The average molecular weight is 489 g/mol. The molecular formula is C26H21FN4O3S. The molecule has 35 heavy (non-hydrogen) atoms. The third-order valence-electron chi connectivity index (χ3n) is 4.74. The summed E-state index contributed by atoms with van der Waals surface area (Å²) in [6, 6.07) is 16.8. The molecule has 0 spiro atoms. The molecular weight excluding hydrogens is 467 g/mol. The van der Waals surface area contributed by atoms with Gasteiger partial charge >= 0.3 is 0 Å². The zero-order valence-corrected chi connectivity index (χ0v) is 19.5. The van der Waals surface area contributed by atoms with Gasteiger partial charge in [-0.2, -0.15) is 0 Å². The van der Waals surface area contributed by atoms with Crippen molar-refractivity contribution < 1.29 is 18.7 Å². The molecule has 7 nitrogen and oxygen atoms in total. The molecule has 0 unspecified atom stereocenters. The van der Waals surface area contributed by atoms with E-state index in [4.69, 9.17) is 4.74 Å². The maximum Gasteiger partial charge on any atom is 0.248 e. The van der Waals surface area contributed by atoms with Crippen molar-refractivity contribution in [3.05, 3.63) is 102 Å². The predicted octanol–water partition coefficient (Wildman–Crippen LogP) is 5.59. The highest BCUT2D eigenvalue weighted by Crippen LogP contribution is 2.31. The van der Waals surface area contributed by atoms with Crippen molar-refractivity contribution >= 4 is 45.7 Å². The number of nitrogens with one attached hydrogen (secondary N) is 1. The van der Waals surface area contributed by atoms with Crippen molar-refractivity contribution in [2.24, 2.45) is 0 Å². The molecule has 4 rings (SSSR count). The van der Waals surface area contributed by atoms with Gasteiger partial charge in [0, 0.05) is 48.1 Å². The van der Waals surface area contributed by atoms with Gasteiger partial charge in [-0.3, -0.25) is 19.5 Å². The number of benzene rings is 2. The molecule has 4 aromatic rings. The minimum atomic E-state index is -0.527. The summed E-state index contributed by atoms with van der Waals surface area (Å²) in [7, 11) is 0. The number of nitrogens with zero attached hydrogens (tertiary/aromatic N) is 3. The minimum Gasteiger partial charge on any atom is -0.489 e. The van der Waals surface area contributed by atoms with Crippen molar-refractivity contribution in [3.8, 4) is 5.75 Å². The van der Waals surface area contributed by atoms with E-state index < -0.39 is 5.82 Å². The Hall–Kier alpha value is -4.37. The number of carbonyl (C=O) groups is 2. The number of carbonyl (C=O) groups excluding carboxylic acids is 2. The lowest BCUT2D eigenvalue weighted by Crippen LogP contribution is -2.23. The lowest BCUT2D eigenvalue weighted by molar-refractivity contribution is -0.116. The van der Waals surface area contributed by atoms with Crippen LogP contribution in [-0.4, -0.2) is 21.8 Å². The first-order chi connectivity index (χ1) is 17.0. The van der Waals surface area contributed by atoms with Gasteiger partial charge in [-0.25, -0.2) is 9.37 Å². The molecule has 0 aliphatic rings. The Morgan fingerprint density at radius 3 is 2.77 bits per heavy atom. The Bertz CT molecular complexity index is 1360. The molecule has 176 valence electrons. The summed E-state index contributed by atoms with van der Waals surface area (Å²) < 4.78 is 20.0. The van der Waals surface area contributed by atoms with Gasteiger partial charge in [0.15, 0.2) is 5.13 Å². The standard InChI is InChI=1S/C26H21FN4O3S/c1-18(32)31(24-10-3-2-9-23(24)27)26-30-21(17-35-26)11-12-25(33)29-20-7-4-8-22(14-20)34-16-19-6-5-13-28-15-19/h2-15,17H,16H2,1H3,(H,29,33)/b12-11+. The zero-order chi connectivity index (χ0) is 24.6. The molecule has 0 fully saturated rings. The van der Waals surface area contributed by atoms with E-state index in [1.807, 2.05) is 12.1 Å². The fourth-order valence-electron chi connectivity index (χ4n) is 3.15. The molecule has 2 heterocycles. The average Bonchev–Trinajstić information content (AvgIpc) is 3.32. The van der Waals surface area contributed by atoms with E-state index in [-0.39, 0.29) is 17.5 Å². The second-order valence-corrected chi connectivity index (χ2v) is 8.20. The number of hydrogen-bond donors (Lipinski definition) is 1. The van der Waals surface area contributed by atoms with E-state index in [9.17, 15) is 14.0 Å². The number of ether oxygens (including phenoxy) is 1. The zero-order valence-electron chi connectivity index (χ0n) is 18.7. The van der Waals surface area contributed by atoms with Crippen LogP contribution in [0.2, 0.25) is 0 Å². The van der Waals surface area contributed by atoms with E-state index in [0.29, 0.717) is 28.9 Å². The normalized spacial score (nSPS) is 10.8. The van der Waals surface area contributed by atoms with Crippen LogP contribution in [0.3, 0.4) is 0 Å². The summed E-state index contributed by atoms with van der Waals surface area (Å²) in [6.07, 6.45) is 6.29. The monoisotopic (exact) mass is 488 g/mol. The maximum atomic E-state index is 14.2. The van der Waals surface area contributed by atoms with E-state index in [0.717, 1.165) is 5.56 Å². The summed E-state index contributed by atoms with van der Waals surface area (Å²) in [4.78, 5) is 34.2. The molecule has 0 radical (unpaired) electrons. The molecule has 9 heteroatoms. The molecule has 0 aliphatic carbocycles. The van der Waals surface area contributed by atoms with Crippen LogP contribution >= 0.6 is 11.3 Å².